The average Bonchev–Trinajstić information content (AvgIpc) is 2.66. The van der Waals surface area contributed by atoms with E-state index < -0.39 is 6.04 Å². The average molecular weight is 226 g/mol. The molecule has 3 N–H and O–H groups in total. The molecular weight excluding hydrogens is 212 g/mol. The van der Waals surface area contributed by atoms with Crippen LogP contribution in [-0.2, 0) is 11.2 Å². The zero-order valence-corrected chi connectivity index (χ0v) is 9.38. The number of rotatable bonds is 5. The Morgan fingerprint density at radius 3 is 3.00 bits per heavy atom. The molecule has 1 rings (SSSR count). The third kappa shape index (κ3) is 3.41. The van der Waals surface area contributed by atoms with E-state index in [4.69, 9.17) is 5.73 Å². The van der Waals surface area contributed by atoms with Crippen LogP contribution in [0.15, 0.2) is 12.7 Å². The third-order valence-corrected chi connectivity index (χ3v) is 2.74. The zero-order valence-electron chi connectivity index (χ0n) is 8.56. The summed E-state index contributed by atoms with van der Waals surface area (Å²) in [7, 11) is 0. The highest BCUT2D eigenvalue weighted by molar-refractivity contribution is 7.15. The number of carbonyl (C=O) groups is 1. The molecule has 0 aliphatic heterocycles. The molecule has 0 bridgehead atoms. The Hall–Kier alpha value is -1.27. The summed E-state index contributed by atoms with van der Waals surface area (Å²) < 4.78 is 0. The molecule has 0 radical (unpaired) electrons. The Morgan fingerprint density at radius 1 is 1.73 bits per heavy atom. The maximum Gasteiger partial charge on any atom is 0.243 e. The Kier molecular flexibility index (Phi) is 4.38. The second kappa shape index (κ2) is 5.57. The van der Waals surface area contributed by atoms with Crippen LogP contribution in [0.1, 0.15) is 18.4 Å². The fourth-order valence-corrected chi connectivity index (χ4v) is 1.61. The maximum atomic E-state index is 11.5. The molecule has 0 aliphatic rings. The van der Waals surface area contributed by atoms with Gasteiger partial charge in [0.15, 0.2) is 0 Å². The van der Waals surface area contributed by atoms with Gasteiger partial charge in [0, 0.05) is 0 Å². The van der Waals surface area contributed by atoms with Crippen molar-refractivity contribution in [1.82, 2.24) is 10.2 Å². The van der Waals surface area contributed by atoms with E-state index in [9.17, 15) is 4.79 Å². The molecule has 1 unspecified atom stereocenters. The van der Waals surface area contributed by atoms with Crippen LogP contribution < -0.4 is 11.1 Å². The standard InChI is InChI=1S/C9H14N4OS/c1-3-5-6(10)8(14)11-9-13-12-7(4-2)15-9/h3,6H,1,4-5,10H2,2H3,(H,11,13,14). The van der Waals surface area contributed by atoms with Crippen molar-refractivity contribution in [2.24, 2.45) is 5.73 Å². The minimum absolute atomic E-state index is 0.256. The van der Waals surface area contributed by atoms with E-state index in [-0.39, 0.29) is 5.91 Å². The van der Waals surface area contributed by atoms with Gasteiger partial charge in [0.25, 0.3) is 0 Å². The second-order valence-corrected chi connectivity index (χ2v) is 4.04. The SMILES string of the molecule is C=CCC(N)C(=O)Nc1nnc(CC)s1. The summed E-state index contributed by atoms with van der Waals surface area (Å²) in [6, 6.07) is -0.573. The quantitative estimate of drug-likeness (QED) is 0.732. The summed E-state index contributed by atoms with van der Waals surface area (Å²) in [6.45, 7) is 5.50. The van der Waals surface area contributed by atoms with Crippen molar-refractivity contribution in [3.8, 4) is 0 Å². The van der Waals surface area contributed by atoms with Crippen molar-refractivity contribution in [2.45, 2.75) is 25.8 Å². The molecule has 1 aromatic rings. The molecule has 15 heavy (non-hydrogen) atoms. The number of anilines is 1. The van der Waals surface area contributed by atoms with Gasteiger partial charge in [-0.05, 0) is 12.8 Å². The smallest absolute Gasteiger partial charge is 0.243 e. The van der Waals surface area contributed by atoms with Gasteiger partial charge in [-0.25, -0.2) is 0 Å². The van der Waals surface area contributed by atoms with E-state index in [0.29, 0.717) is 11.6 Å². The summed E-state index contributed by atoms with van der Waals surface area (Å²) >= 11 is 1.36. The highest BCUT2D eigenvalue weighted by Gasteiger charge is 2.13. The number of aryl methyl sites for hydroxylation is 1. The van der Waals surface area contributed by atoms with E-state index in [1.54, 1.807) is 6.08 Å². The zero-order chi connectivity index (χ0) is 11.3. The molecule has 5 nitrogen and oxygen atoms in total. The fourth-order valence-electron chi connectivity index (χ4n) is 0.932. The lowest BCUT2D eigenvalue weighted by Crippen LogP contribution is -2.35. The highest BCUT2D eigenvalue weighted by Crippen LogP contribution is 2.15. The number of hydrogen-bond donors (Lipinski definition) is 2. The van der Waals surface area contributed by atoms with Crippen molar-refractivity contribution in [2.75, 3.05) is 5.32 Å². The van der Waals surface area contributed by atoms with E-state index in [2.05, 4.69) is 22.1 Å². The topological polar surface area (TPSA) is 80.9 Å². The second-order valence-electron chi connectivity index (χ2n) is 2.97. The third-order valence-electron chi connectivity index (χ3n) is 1.76. The van der Waals surface area contributed by atoms with Crippen LogP contribution in [-0.4, -0.2) is 22.1 Å². The summed E-state index contributed by atoms with van der Waals surface area (Å²) in [5, 5.41) is 11.7. The summed E-state index contributed by atoms with van der Waals surface area (Å²) in [5.74, 6) is -0.256. The maximum absolute atomic E-state index is 11.5. The largest absolute Gasteiger partial charge is 0.320 e. The number of nitrogens with one attached hydrogen (secondary N) is 1. The minimum atomic E-state index is -0.573. The predicted molar refractivity (Wildman–Crippen MR) is 60.7 cm³/mol. The van der Waals surface area contributed by atoms with Gasteiger partial charge in [0.1, 0.15) is 5.01 Å². The summed E-state index contributed by atoms with van der Waals surface area (Å²) in [4.78, 5) is 11.5. The van der Waals surface area contributed by atoms with Crippen LogP contribution in [0.4, 0.5) is 5.13 Å². The molecule has 0 spiro atoms. The van der Waals surface area contributed by atoms with Gasteiger partial charge in [-0.2, -0.15) is 0 Å². The lowest BCUT2D eigenvalue weighted by Gasteiger charge is -2.06. The Bertz CT molecular complexity index is 350. The van der Waals surface area contributed by atoms with Crippen molar-refractivity contribution in [3.63, 3.8) is 0 Å². The van der Waals surface area contributed by atoms with Crippen molar-refractivity contribution < 1.29 is 4.79 Å². The van der Waals surface area contributed by atoms with Crippen LogP contribution in [0.5, 0.6) is 0 Å². The lowest BCUT2D eigenvalue weighted by atomic mass is 10.2. The number of hydrogen-bond acceptors (Lipinski definition) is 5. The van der Waals surface area contributed by atoms with Crippen LogP contribution >= 0.6 is 11.3 Å². The Labute approximate surface area is 92.4 Å². The van der Waals surface area contributed by atoms with Gasteiger partial charge >= 0.3 is 0 Å². The van der Waals surface area contributed by atoms with E-state index in [1.165, 1.54) is 11.3 Å². The molecule has 0 saturated heterocycles. The normalized spacial score (nSPS) is 12.1. The van der Waals surface area contributed by atoms with Gasteiger partial charge in [-0.1, -0.05) is 24.3 Å². The van der Waals surface area contributed by atoms with E-state index in [0.717, 1.165) is 11.4 Å². The molecule has 1 heterocycles. The molecule has 0 aliphatic carbocycles. The number of amides is 1. The molecule has 6 heteroatoms. The number of carbonyl (C=O) groups excluding carboxylic acids is 1. The highest BCUT2D eigenvalue weighted by atomic mass is 32.1. The van der Waals surface area contributed by atoms with E-state index >= 15 is 0 Å². The number of aromatic nitrogens is 2. The monoisotopic (exact) mass is 226 g/mol. The van der Waals surface area contributed by atoms with Crippen LogP contribution in [0.2, 0.25) is 0 Å². The Morgan fingerprint density at radius 2 is 2.47 bits per heavy atom. The molecule has 0 saturated carbocycles. The first-order chi connectivity index (χ1) is 7.17. The number of nitrogens with zero attached hydrogens (tertiary/aromatic N) is 2. The van der Waals surface area contributed by atoms with Crippen LogP contribution in [0.25, 0.3) is 0 Å². The van der Waals surface area contributed by atoms with E-state index in [1.807, 2.05) is 6.92 Å². The first kappa shape index (κ1) is 11.8. The van der Waals surface area contributed by atoms with Crippen molar-refractivity contribution >= 4 is 22.4 Å². The van der Waals surface area contributed by atoms with Crippen LogP contribution in [0, 0.1) is 0 Å². The van der Waals surface area contributed by atoms with Crippen molar-refractivity contribution in [3.05, 3.63) is 17.7 Å². The fraction of sp³-hybridized carbons (Fsp3) is 0.444. The molecule has 0 fully saturated rings. The molecule has 0 aromatic carbocycles. The number of nitrogens with two attached hydrogens (primary N) is 1. The van der Waals surface area contributed by atoms with Gasteiger partial charge in [0.05, 0.1) is 6.04 Å². The first-order valence-corrected chi connectivity index (χ1v) is 5.48. The van der Waals surface area contributed by atoms with Crippen LogP contribution in [0.3, 0.4) is 0 Å². The summed E-state index contributed by atoms with van der Waals surface area (Å²) in [5.41, 5.74) is 5.59. The van der Waals surface area contributed by atoms with Crippen molar-refractivity contribution in [1.29, 1.82) is 0 Å². The van der Waals surface area contributed by atoms with Gasteiger partial charge in [0.2, 0.25) is 11.0 Å². The first-order valence-electron chi connectivity index (χ1n) is 4.67. The van der Waals surface area contributed by atoms with Gasteiger partial charge in [-0.15, -0.1) is 16.8 Å². The molecule has 1 amide bonds. The molecule has 1 atom stereocenters. The summed E-state index contributed by atoms with van der Waals surface area (Å²) in [6.07, 6.45) is 2.87. The molecule has 82 valence electrons. The van der Waals surface area contributed by atoms with Gasteiger partial charge < -0.3 is 5.73 Å². The Balaban J connectivity index is 2.53. The minimum Gasteiger partial charge on any atom is -0.320 e. The molecular formula is C9H14N4OS. The van der Waals surface area contributed by atoms with Gasteiger partial charge in [-0.3, -0.25) is 10.1 Å². The lowest BCUT2D eigenvalue weighted by molar-refractivity contribution is -0.117. The molecule has 1 aromatic heterocycles. The predicted octanol–water partition coefficient (Wildman–Crippen LogP) is 0.942.